The first kappa shape index (κ1) is 11.5. The van der Waals surface area contributed by atoms with E-state index < -0.39 is 17.4 Å². The van der Waals surface area contributed by atoms with Crippen LogP contribution >= 0.6 is 0 Å². The molecular formula is C14H10F2O. The molecule has 0 spiro atoms. The number of hydrogen-bond acceptors (Lipinski definition) is 1. The molecule has 3 heteroatoms. The minimum absolute atomic E-state index is 0.242. The fourth-order valence-electron chi connectivity index (χ4n) is 1.54. The Morgan fingerprint density at radius 2 is 1.65 bits per heavy atom. The molecule has 86 valence electrons. The predicted octanol–water partition coefficient (Wildman–Crippen LogP) is 3.50. The van der Waals surface area contributed by atoms with E-state index in [1.807, 2.05) is 6.92 Å². The van der Waals surface area contributed by atoms with Gasteiger partial charge in [0.2, 0.25) is 0 Å². The molecule has 0 aliphatic heterocycles. The minimum atomic E-state index is -1.10. The SMILES string of the molecule is Cc1ccc(C(=O)c2cccc(F)c2F)cc1. The molecule has 0 saturated heterocycles. The third kappa shape index (κ3) is 2.23. The lowest BCUT2D eigenvalue weighted by Gasteiger charge is -2.03. The van der Waals surface area contributed by atoms with E-state index in [1.54, 1.807) is 24.3 Å². The number of rotatable bonds is 2. The number of halogens is 2. The fraction of sp³-hybridized carbons (Fsp3) is 0.0714. The van der Waals surface area contributed by atoms with Crippen molar-refractivity contribution in [3.8, 4) is 0 Å². The number of benzene rings is 2. The Morgan fingerprint density at radius 3 is 2.29 bits per heavy atom. The monoisotopic (exact) mass is 232 g/mol. The third-order valence-corrected chi connectivity index (χ3v) is 2.51. The first-order valence-electron chi connectivity index (χ1n) is 5.15. The van der Waals surface area contributed by atoms with Gasteiger partial charge in [-0.1, -0.05) is 35.9 Å². The molecule has 0 heterocycles. The number of carbonyl (C=O) groups is 1. The van der Waals surface area contributed by atoms with Crippen LogP contribution in [-0.4, -0.2) is 5.78 Å². The van der Waals surface area contributed by atoms with E-state index in [1.165, 1.54) is 12.1 Å². The van der Waals surface area contributed by atoms with Crippen LogP contribution in [0, 0.1) is 18.6 Å². The first-order chi connectivity index (χ1) is 8.09. The van der Waals surface area contributed by atoms with E-state index in [9.17, 15) is 13.6 Å². The molecule has 0 fully saturated rings. The van der Waals surface area contributed by atoms with Crippen LogP contribution in [0.1, 0.15) is 21.5 Å². The molecule has 1 nitrogen and oxygen atoms in total. The second kappa shape index (κ2) is 4.45. The van der Waals surface area contributed by atoms with Gasteiger partial charge < -0.3 is 0 Å². The van der Waals surface area contributed by atoms with E-state index in [-0.39, 0.29) is 5.56 Å². The molecule has 0 N–H and O–H groups in total. The van der Waals surface area contributed by atoms with Crippen LogP contribution in [0.15, 0.2) is 42.5 Å². The van der Waals surface area contributed by atoms with E-state index in [4.69, 9.17) is 0 Å². The Labute approximate surface area is 97.7 Å². The molecular weight excluding hydrogens is 222 g/mol. The van der Waals surface area contributed by atoms with E-state index in [0.29, 0.717) is 5.56 Å². The summed E-state index contributed by atoms with van der Waals surface area (Å²) in [5.74, 6) is -2.62. The van der Waals surface area contributed by atoms with Gasteiger partial charge in [0.1, 0.15) is 0 Å². The molecule has 0 saturated carbocycles. The Kier molecular flexibility index (Phi) is 3.00. The normalized spacial score (nSPS) is 10.3. The Balaban J connectivity index is 2.44. The van der Waals surface area contributed by atoms with Gasteiger partial charge in [-0.15, -0.1) is 0 Å². The molecule has 0 radical (unpaired) electrons. The maximum Gasteiger partial charge on any atom is 0.196 e. The van der Waals surface area contributed by atoms with Crippen LogP contribution in [0.5, 0.6) is 0 Å². The number of hydrogen-bond donors (Lipinski definition) is 0. The zero-order chi connectivity index (χ0) is 12.4. The lowest BCUT2D eigenvalue weighted by molar-refractivity contribution is 0.103. The highest BCUT2D eigenvalue weighted by Crippen LogP contribution is 2.16. The van der Waals surface area contributed by atoms with E-state index in [0.717, 1.165) is 11.6 Å². The van der Waals surface area contributed by atoms with Gasteiger partial charge in [0.15, 0.2) is 17.4 Å². The molecule has 0 aliphatic carbocycles. The Bertz CT molecular complexity index is 559. The molecule has 17 heavy (non-hydrogen) atoms. The van der Waals surface area contributed by atoms with Crippen LogP contribution < -0.4 is 0 Å². The second-order valence-corrected chi connectivity index (χ2v) is 3.80. The molecule has 2 aromatic carbocycles. The largest absolute Gasteiger partial charge is 0.288 e. The minimum Gasteiger partial charge on any atom is -0.288 e. The summed E-state index contributed by atoms with van der Waals surface area (Å²) in [6.07, 6.45) is 0. The smallest absolute Gasteiger partial charge is 0.196 e. The molecule has 0 aromatic heterocycles. The molecule has 0 unspecified atom stereocenters. The maximum absolute atomic E-state index is 13.4. The van der Waals surface area contributed by atoms with Crippen molar-refractivity contribution in [1.29, 1.82) is 0 Å². The Morgan fingerprint density at radius 1 is 1.00 bits per heavy atom. The lowest BCUT2D eigenvalue weighted by atomic mass is 10.0. The van der Waals surface area contributed by atoms with Crippen molar-refractivity contribution in [2.75, 3.05) is 0 Å². The van der Waals surface area contributed by atoms with Crippen molar-refractivity contribution >= 4 is 5.78 Å². The van der Waals surface area contributed by atoms with Gasteiger partial charge in [0, 0.05) is 5.56 Å². The Hall–Kier alpha value is -2.03. The van der Waals surface area contributed by atoms with Gasteiger partial charge in [-0.05, 0) is 19.1 Å². The van der Waals surface area contributed by atoms with Crippen molar-refractivity contribution in [1.82, 2.24) is 0 Å². The van der Waals surface area contributed by atoms with Gasteiger partial charge in [-0.2, -0.15) is 0 Å². The first-order valence-corrected chi connectivity index (χ1v) is 5.15. The van der Waals surface area contributed by atoms with Crippen molar-refractivity contribution in [3.05, 3.63) is 70.8 Å². The summed E-state index contributed by atoms with van der Waals surface area (Å²) in [6.45, 7) is 1.89. The summed E-state index contributed by atoms with van der Waals surface area (Å²) in [7, 11) is 0. The van der Waals surface area contributed by atoms with Gasteiger partial charge in [0.25, 0.3) is 0 Å². The summed E-state index contributed by atoms with van der Waals surface area (Å²) in [5.41, 5.74) is 1.11. The molecule has 0 atom stereocenters. The number of ketones is 1. The summed E-state index contributed by atoms with van der Waals surface area (Å²) in [5, 5.41) is 0. The van der Waals surface area contributed by atoms with Crippen LogP contribution in [0.25, 0.3) is 0 Å². The second-order valence-electron chi connectivity index (χ2n) is 3.80. The average molecular weight is 232 g/mol. The maximum atomic E-state index is 13.4. The number of aryl methyl sites for hydroxylation is 1. The van der Waals surface area contributed by atoms with Crippen LogP contribution in [-0.2, 0) is 0 Å². The predicted molar refractivity (Wildman–Crippen MR) is 61.0 cm³/mol. The topological polar surface area (TPSA) is 17.1 Å². The fourth-order valence-corrected chi connectivity index (χ4v) is 1.54. The van der Waals surface area contributed by atoms with E-state index in [2.05, 4.69) is 0 Å². The van der Waals surface area contributed by atoms with Gasteiger partial charge in [-0.25, -0.2) is 8.78 Å². The summed E-state index contributed by atoms with van der Waals surface area (Å²) in [4.78, 5) is 11.9. The lowest BCUT2D eigenvalue weighted by Crippen LogP contribution is -2.05. The van der Waals surface area contributed by atoms with Crippen LogP contribution in [0.2, 0.25) is 0 Å². The van der Waals surface area contributed by atoms with Crippen molar-refractivity contribution < 1.29 is 13.6 Å². The third-order valence-electron chi connectivity index (χ3n) is 2.51. The van der Waals surface area contributed by atoms with Crippen LogP contribution in [0.3, 0.4) is 0 Å². The average Bonchev–Trinajstić information content (AvgIpc) is 2.33. The summed E-state index contributed by atoms with van der Waals surface area (Å²) >= 11 is 0. The zero-order valence-electron chi connectivity index (χ0n) is 9.21. The molecule has 0 aliphatic rings. The molecule has 0 bridgehead atoms. The number of carbonyl (C=O) groups excluding carboxylic acids is 1. The van der Waals surface area contributed by atoms with E-state index >= 15 is 0 Å². The molecule has 2 aromatic rings. The van der Waals surface area contributed by atoms with Crippen LogP contribution in [0.4, 0.5) is 8.78 Å². The van der Waals surface area contributed by atoms with Crippen molar-refractivity contribution in [3.63, 3.8) is 0 Å². The molecule has 0 amide bonds. The summed E-state index contributed by atoms with van der Waals surface area (Å²) in [6, 6.07) is 10.3. The zero-order valence-corrected chi connectivity index (χ0v) is 9.21. The summed E-state index contributed by atoms with van der Waals surface area (Å²) < 4.78 is 26.4. The highest BCUT2D eigenvalue weighted by molar-refractivity contribution is 6.09. The van der Waals surface area contributed by atoms with Crippen molar-refractivity contribution in [2.45, 2.75) is 6.92 Å². The molecule has 2 rings (SSSR count). The standard InChI is InChI=1S/C14H10F2O/c1-9-5-7-10(8-6-9)14(17)11-3-2-4-12(15)13(11)16/h2-8H,1H3. The van der Waals surface area contributed by atoms with Gasteiger partial charge in [0.05, 0.1) is 5.56 Å². The quantitative estimate of drug-likeness (QED) is 0.724. The highest BCUT2D eigenvalue weighted by Gasteiger charge is 2.16. The van der Waals surface area contributed by atoms with Crippen molar-refractivity contribution in [2.24, 2.45) is 0 Å². The van der Waals surface area contributed by atoms with Gasteiger partial charge >= 0.3 is 0 Å². The van der Waals surface area contributed by atoms with Gasteiger partial charge in [-0.3, -0.25) is 4.79 Å². The highest BCUT2D eigenvalue weighted by atomic mass is 19.2.